The van der Waals surface area contributed by atoms with Crippen molar-refractivity contribution in [1.82, 2.24) is 15.0 Å². The first-order valence-electron chi connectivity index (χ1n) is 7.92. The molecule has 2 aromatic rings. The summed E-state index contributed by atoms with van der Waals surface area (Å²) in [4.78, 5) is 14.9. The minimum Gasteiger partial charge on any atom is -0.465 e. The van der Waals surface area contributed by atoms with Crippen molar-refractivity contribution in [3.8, 4) is 11.3 Å². The zero-order valence-electron chi connectivity index (χ0n) is 13.6. The van der Waals surface area contributed by atoms with Crippen LogP contribution in [0.5, 0.6) is 0 Å². The minimum absolute atomic E-state index is 0.0435. The molecule has 0 radical (unpaired) electrons. The predicted molar refractivity (Wildman–Crippen MR) is 91.1 cm³/mol. The molecule has 1 amide bonds. The second-order valence-corrected chi connectivity index (χ2v) is 6.56. The topological polar surface area (TPSA) is 69.8 Å². The monoisotopic (exact) mass is 349 g/mol. The van der Waals surface area contributed by atoms with Gasteiger partial charge in [-0.3, -0.25) is 4.90 Å². The Kier molecular flexibility index (Phi) is 4.78. The summed E-state index contributed by atoms with van der Waals surface area (Å²) in [6.45, 7) is 5.83. The maximum Gasteiger partial charge on any atom is 0.407 e. The SMILES string of the molecule is CC(c1cc(-c2cccc(Cl)c2)on1)N1CCN(C(=O)O)[C@H](C)C1. The fourth-order valence-corrected chi connectivity index (χ4v) is 3.26. The number of carboxylic acid groups (broad SMARTS) is 1. The highest BCUT2D eigenvalue weighted by Crippen LogP contribution is 2.28. The molecule has 1 N–H and O–H groups in total. The number of hydrogen-bond acceptors (Lipinski definition) is 4. The molecule has 1 aliphatic heterocycles. The lowest BCUT2D eigenvalue weighted by molar-refractivity contribution is 0.0558. The molecule has 1 aliphatic rings. The molecule has 7 heteroatoms. The van der Waals surface area contributed by atoms with Crippen LogP contribution in [-0.4, -0.2) is 51.8 Å². The van der Waals surface area contributed by atoms with Gasteiger partial charge in [0.05, 0.1) is 6.04 Å². The van der Waals surface area contributed by atoms with Gasteiger partial charge in [-0.15, -0.1) is 0 Å². The Labute approximate surface area is 145 Å². The summed E-state index contributed by atoms with van der Waals surface area (Å²) in [7, 11) is 0. The summed E-state index contributed by atoms with van der Waals surface area (Å²) in [5.74, 6) is 0.677. The van der Waals surface area contributed by atoms with E-state index in [1.807, 2.05) is 37.3 Å². The standard InChI is InChI=1S/C17H20ClN3O3/c1-11-10-20(6-7-21(11)17(22)23)12(2)15-9-16(24-19-15)13-4-3-5-14(18)8-13/h3-5,8-9,11-12H,6-7,10H2,1-2H3,(H,22,23)/t11-,12?/m1/s1. The summed E-state index contributed by atoms with van der Waals surface area (Å²) in [6.07, 6.45) is -0.862. The Balaban J connectivity index is 1.72. The highest BCUT2D eigenvalue weighted by molar-refractivity contribution is 6.30. The molecule has 2 heterocycles. The van der Waals surface area contributed by atoms with Crippen molar-refractivity contribution in [2.75, 3.05) is 19.6 Å². The van der Waals surface area contributed by atoms with Gasteiger partial charge < -0.3 is 14.5 Å². The van der Waals surface area contributed by atoms with Crippen LogP contribution in [-0.2, 0) is 0 Å². The van der Waals surface area contributed by atoms with E-state index in [2.05, 4.69) is 17.0 Å². The third kappa shape index (κ3) is 3.39. The molecule has 1 saturated heterocycles. The smallest absolute Gasteiger partial charge is 0.407 e. The van der Waals surface area contributed by atoms with Crippen LogP contribution >= 0.6 is 11.6 Å². The second-order valence-electron chi connectivity index (χ2n) is 6.12. The first kappa shape index (κ1) is 16.8. The fourth-order valence-electron chi connectivity index (χ4n) is 3.07. The molecule has 2 atom stereocenters. The number of rotatable bonds is 3. The van der Waals surface area contributed by atoms with Crippen LogP contribution in [0.15, 0.2) is 34.9 Å². The van der Waals surface area contributed by atoms with E-state index in [0.717, 1.165) is 11.3 Å². The number of amides is 1. The number of halogens is 1. The average Bonchev–Trinajstić information content (AvgIpc) is 3.03. The number of carbonyl (C=O) groups is 1. The molecule has 6 nitrogen and oxygen atoms in total. The van der Waals surface area contributed by atoms with Crippen LogP contribution in [0.1, 0.15) is 25.6 Å². The molecule has 128 valence electrons. The van der Waals surface area contributed by atoms with Gasteiger partial charge in [0.2, 0.25) is 0 Å². The maximum atomic E-state index is 11.2. The normalized spacial score (nSPS) is 20.1. The van der Waals surface area contributed by atoms with Gasteiger partial charge in [0.25, 0.3) is 0 Å². The zero-order chi connectivity index (χ0) is 17.3. The van der Waals surface area contributed by atoms with Crippen molar-refractivity contribution in [1.29, 1.82) is 0 Å². The molecule has 1 aromatic heterocycles. The van der Waals surface area contributed by atoms with Gasteiger partial charge in [0, 0.05) is 42.3 Å². The van der Waals surface area contributed by atoms with Crippen molar-refractivity contribution >= 4 is 17.7 Å². The van der Waals surface area contributed by atoms with Gasteiger partial charge in [-0.1, -0.05) is 28.9 Å². The Morgan fingerprint density at radius 2 is 2.21 bits per heavy atom. The van der Waals surface area contributed by atoms with Crippen LogP contribution in [0, 0.1) is 0 Å². The van der Waals surface area contributed by atoms with E-state index in [-0.39, 0.29) is 12.1 Å². The van der Waals surface area contributed by atoms with Crippen molar-refractivity contribution in [2.45, 2.75) is 25.9 Å². The van der Waals surface area contributed by atoms with Gasteiger partial charge in [-0.2, -0.15) is 0 Å². The summed E-state index contributed by atoms with van der Waals surface area (Å²) < 4.78 is 5.46. The Morgan fingerprint density at radius 3 is 2.88 bits per heavy atom. The quantitative estimate of drug-likeness (QED) is 0.914. The lowest BCUT2D eigenvalue weighted by Gasteiger charge is -2.40. The summed E-state index contributed by atoms with van der Waals surface area (Å²) in [5, 5.41) is 14.0. The molecule has 1 aromatic carbocycles. The van der Waals surface area contributed by atoms with Crippen LogP contribution in [0.2, 0.25) is 5.02 Å². The average molecular weight is 350 g/mol. The summed E-state index contributed by atoms with van der Waals surface area (Å²) in [6, 6.07) is 9.38. The summed E-state index contributed by atoms with van der Waals surface area (Å²) in [5.41, 5.74) is 1.72. The van der Waals surface area contributed by atoms with Crippen LogP contribution in [0.4, 0.5) is 4.79 Å². The van der Waals surface area contributed by atoms with Crippen LogP contribution < -0.4 is 0 Å². The molecule has 0 spiro atoms. The number of aromatic nitrogens is 1. The zero-order valence-corrected chi connectivity index (χ0v) is 14.4. The van der Waals surface area contributed by atoms with E-state index in [0.29, 0.717) is 30.4 Å². The third-order valence-electron chi connectivity index (χ3n) is 4.52. The maximum absolute atomic E-state index is 11.2. The molecule has 1 fully saturated rings. The van der Waals surface area contributed by atoms with Crippen LogP contribution in [0.25, 0.3) is 11.3 Å². The van der Waals surface area contributed by atoms with E-state index in [4.69, 9.17) is 16.1 Å². The molecule has 1 unspecified atom stereocenters. The van der Waals surface area contributed by atoms with Crippen molar-refractivity contribution in [2.24, 2.45) is 0 Å². The molecule has 0 saturated carbocycles. The van der Waals surface area contributed by atoms with Gasteiger partial charge in [-0.05, 0) is 26.0 Å². The van der Waals surface area contributed by atoms with E-state index in [1.165, 1.54) is 4.90 Å². The molecule has 0 aliphatic carbocycles. The number of benzene rings is 1. The fraction of sp³-hybridized carbons (Fsp3) is 0.412. The first-order valence-corrected chi connectivity index (χ1v) is 8.29. The number of hydrogen-bond donors (Lipinski definition) is 1. The van der Waals surface area contributed by atoms with Gasteiger partial charge >= 0.3 is 6.09 Å². The number of nitrogens with zero attached hydrogens (tertiary/aromatic N) is 3. The first-order chi connectivity index (χ1) is 11.5. The molecule has 24 heavy (non-hydrogen) atoms. The van der Waals surface area contributed by atoms with E-state index in [1.54, 1.807) is 0 Å². The van der Waals surface area contributed by atoms with Gasteiger partial charge in [0.15, 0.2) is 5.76 Å². The highest BCUT2D eigenvalue weighted by atomic mass is 35.5. The molecular formula is C17H20ClN3O3. The minimum atomic E-state index is -0.862. The Bertz CT molecular complexity index is 733. The van der Waals surface area contributed by atoms with Crippen molar-refractivity contribution < 1.29 is 14.4 Å². The molecule has 3 rings (SSSR count). The van der Waals surface area contributed by atoms with Gasteiger partial charge in [0.1, 0.15) is 5.69 Å². The molecular weight excluding hydrogens is 330 g/mol. The second kappa shape index (κ2) is 6.83. The van der Waals surface area contributed by atoms with E-state index >= 15 is 0 Å². The number of piperazine rings is 1. The van der Waals surface area contributed by atoms with E-state index < -0.39 is 6.09 Å². The Hall–Kier alpha value is -2.05. The lowest BCUT2D eigenvalue weighted by Crippen LogP contribution is -2.54. The third-order valence-corrected chi connectivity index (χ3v) is 4.75. The molecule has 0 bridgehead atoms. The van der Waals surface area contributed by atoms with E-state index in [9.17, 15) is 9.90 Å². The predicted octanol–water partition coefficient (Wildman–Crippen LogP) is 3.74. The largest absolute Gasteiger partial charge is 0.465 e. The highest BCUT2D eigenvalue weighted by Gasteiger charge is 2.30. The van der Waals surface area contributed by atoms with Gasteiger partial charge in [-0.25, -0.2) is 4.79 Å². The van der Waals surface area contributed by atoms with Crippen molar-refractivity contribution in [3.05, 3.63) is 41.0 Å². The van der Waals surface area contributed by atoms with Crippen LogP contribution in [0.3, 0.4) is 0 Å². The van der Waals surface area contributed by atoms with Crippen molar-refractivity contribution in [3.63, 3.8) is 0 Å². The lowest BCUT2D eigenvalue weighted by atomic mass is 10.1. The summed E-state index contributed by atoms with van der Waals surface area (Å²) >= 11 is 6.02. The Morgan fingerprint density at radius 1 is 1.42 bits per heavy atom.